The van der Waals surface area contributed by atoms with Crippen molar-refractivity contribution in [2.75, 3.05) is 6.54 Å². The lowest BCUT2D eigenvalue weighted by Gasteiger charge is -2.27. The Hall–Kier alpha value is -7.17. The molecule has 5 rings (SSSR count). The third kappa shape index (κ3) is 13.4. The topological polar surface area (TPSA) is 267 Å². The number of carboxylic acids is 1. The number of amides is 6. The molecule has 2 heterocycles. The first-order valence-electron chi connectivity index (χ1n) is 19.9. The van der Waals surface area contributed by atoms with Crippen molar-refractivity contribution < 1.29 is 43.4 Å². The number of aromatic amines is 2. The molecule has 0 radical (unpaired) electrons. The number of aromatic nitrogens is 2. The second kappa shape index (κ2) is 20.7. The predicted molar refractivity (Wildman–Crippen MR) is 227 cm³/mol. The number of carbonyl (C=O) groups excluding carboxylic acids is 6. The van der Waals surface area contributed by atoms with Crippen molar-refractivity contribution in [3.8, 4) is 0 Å². The number of alkyl carbamates (subject to hydrolysis) is 1. The second-order valence-corrected chi connectivity index (χ2v) is 15.7. The second-order valence-electron chi connectivity index (χ2n) is 15.7. The van der Waals surface area contributed by atoms with Gasteiger partial charge in [-0.05, 0) is 69.4 Å². The van der Waals surface area contributed by atoms with E-state index in [1.807, 2.05) is 48.5 Å². The Balaban J connectivity index is 1.34. The largest absolute Gasteiger partial charge is 0.481 e. The van der Waals surface area contributed by atoms with E-state index in [4.69, 9.17) is 10.5 Å². The van der Waals surface area contributed by atoms with Gasteiger partial charge < -0.3 is 52.1 Å². The fourth-order valence-electron chi connectivity index (χ4n) is 6.69. The summed E-state index contributed by atoms with van der Waals surface area (Å²) in [4.78, 5) is 98.2. The van der Waals surface area contributed by atoms with Gasteiger partial charge in [-0.3, -0.25) is 28.8 Å². The molecule has 0 aliphatic rings. The molecule has 0 saturated carbocycles. The number of carboxylic acid groups (broad SMARTS) is 1. The van der Waals surface area contributed by atoms with Gasteiger partial charge in [0.05, 0.1) is 6.42 Å². The van der Waals surface area contributed by atoms with Crippen LogP contribution in [0.3, 0.4) is 0 Å². The van der Waals surface area contributed by atoms with Gasteiger partial charge in [0, 0.05) is 47.4 Å². The Kier molecular flexibility index (Phi) is 15.2. The summed E-state index contributed by atoms with van der Waals surface area (Å²) >= 11 is 0. The first kappa shape index (κ1) is 44.9. The van der Waals surface area contributed by atoms with Gasteiger partial charge >= 0.3 is 12.1 Å². The summed E-state index contributed by atoms with van der Waals surface area (Å²) in [5.41, 5.74) is 8.03. The summed E-state index contributed by atoms with van der Waals surface area (Å²) in [6.07, 6.45) is 0.577. The maximum Gasteiger partial charge on any atom is 0.408 e. The summed E-state index contributed by atoms with van der Waals surface area (Å²) in [7, 11) is 0. The number of hydrogen-bond acceptors (Lipinski definition) is 8. The quantitative estimate of drug-likeness (QED) is 0.0520. The molecule has 17 nitrogen and oxygen atoms in total. The van der Waals surface area contributed by atoms with E-state index in [0.29, 0.717) is 23.2 Å². The number of nitrogens with two attached hydrogens (primary N) is 1. The van der Waals surface area contributed by atoms with Crippen LogP contribution >= 0.6 is 0 Å². The highest BCUT2D eigenvalue weighted by molar-refractivity contribution is 5.98. The Morgan fingerprint density at radius 3 is 2.03 bits per heavy atom. The molecule has 6 amide bonds. The van der Waals surface area contributed by atoms with Crippen LogP contribution in [-0.2, 0) is 41.6 Å². The maximum absolute atomic E-state index is 14.2. The molecule has 0 saturated heterocycles. The SMILES string of the molecule is CC(C)(C)OC(=O)N[C@@H](Cc1c[nH]c2ccccc12)C(=O)N[C@@H](CCCCNC(=O)c1cc2ccccc2[nH]1)C(=O)N[C@@H](CC(=O)O)C(=O)N[C@@H](Cc1ccccc1)C(N)=O. The zero-order chi connectivity index (χ0) is 44.1. The standard InChI is InChI=1S/C44H52N8O9/c1-44(2,3)61-43(60)52-35(23-28-25-47-31-18-10-8-16-29(28)31)41(58)49-32(19-11-12-20-46-39(56)34-22-27-15-7-9-17-30(27)48-34)40(57)51-36(24-37(53)54)42(59)50-33(38(45)55)21-26-13-5-4-6-14-26/h4-10,13-18,22,25,32-33,35-36,47-48H,11-12,19-21,23-24H2,1-3H3,(H2,45,55)(H,46,56)(H,49,58)(H,50,59)(H,51,57)(H,52,60)(H,53,54)/t32-,33-,35-,36-/m0/s1. The van der Waals surface area contributed by atoms with Gasteiger partial charge in [-0.15, -0.1) is 0 Å². The molecule has 0 aliphatic carbocycles. The van der Waals surface area contributed by atoms with Gasteiger partial charge in [-0.25, -0.2) is 4.79 Å². The van der Waals surface area contributed by atoms with Crippen molar-refractivity contribution in [3.05, 3.63) is 108 Å². The maximum atomic E-state index is 14.2. The highest BCUT2D eigenvalue weighted by Crippen LogP contribution is 2.20. The third-order valence-electron chi connectivity index (χ3n) is 9.67. The van der Waals surface area contributed by atoms with Crippen molar-refractivity contribution in [3.63, 3.8) is 0 Å². The Morgan fingerprint density at radius 2 is 1.34 bits per heavy atom. The van der Waals surface area contributed by atoms with Crippen molar-refractivity contribution in [2.24, 2.45) is 5.73 Å². The van der Waals surface area contributed by atoms with Crippen molar-refractivity contribution in [1.29, 1.82) is 0 Å². The molecule has 0 aliphatic heterocycles. The number of para-hydroxylation sites is 2. The number of ether oxygens (including phenoxy) is 1. The minimum absolute atomic E-state index is 0.00756. The number of rotatable bonds is 20. The normalized spacial score (nSPS) is 13.3. The van der Waals surface area contributed by atoms with E-state index in [9.17, 15) is 38.7 Å². The number of benzene rings is 3. The van der Waals surface area contributed by atoms with Crippen LogP contribution in [0.1, 0.15) is 68.1 Å². The number of hydrogen-bond donors (Lipinski definition) is 9. The number of nitrogens with one attached hydrogen (secondary N) is 7. The summed E-state index contributed by atoms with van der Waals surface area (Å²) in [6, 6.07) is 19.7. The Bertz CT molecular complexity index is 2320. The lowest BCUT2D eigenvalue weighted by molar-refractivity contribution is -0.141. The van der Waals surface area contributed by atoms with E-state index >= 15 is 0 Å². The first-order chi connectivity index (χ1) is 29.1. The lowest BCUT2D eigenvalue weighted by Crippen LogP contribution is -2.59. The van der Waals surface area contributed by atoms with E-state index in [1.165, 1.54) is 0 Å². The average Bonchev–Trinajstić information content (AvgIpc) is 3.83. The van der Waals surface area contributed by atoms with Gasteiger partial charge in [-0.2, -0.15) is 0 Å². The van der Waals surface area contributed by atoms with Gasteiger partial charge in [-0.1, -0.05) is 66.7 Å². The monoisotopic (exact) mass is 836 g/mol. The molecule has 0 fully saturated rings. The molecular formula is C44H52N8O9. The predicted octanol–water partition coefficient (Wildman–Crippen LogP) is 3.34. The lowest BCUT2D eigenvalue weighted by atomic mass is 10.0. The van der Waals surface area contributed by atoms with Crippen LogP contribution in [0, 0.1) is 0 Å². The average molecular weight is 837 g/mol. The van der Waals surface area contributed by atoms with Crippen LogP contribution in [-0.4, -0.2) is 93.0 Å². The van der Waals surface area contributed by atoms with Gasteiger partial charge in [0.1, 0.15) is 35.5 Å². The molecule has 0 unspecified atom stereocenters. The zero-order valence-corrected chi connectivity index (χ0v) is 34.2. The molecule has 17 heteroatoms. The minimum Gasteiger partial charge on any atom is -0.481 e. The molecule has 322 valence electrons. The van der Waals surface area contributed by atoms with Crippen molar-refractivity contribution >= 4 is 63.4 Å². The van der Waals surface area contributed by atoms with Crippen LogP contribution in [0.15, 0.2) is 91.1 Å². The van der Waals surface area contributed by atoms with E-state index < -0.39 is 71.9 Å². The number of fused-ring (bicyclic) bond motifs is 2. The van der Waals surface area contributed by atoms with Crippen LogP contribution in [0.4, 0.5) is 4.79 Å². The molecule has 4 atom stereocenters. The number of aliphatic carboxylic acids is 1. The first-order valence-corrected chi connectivity index (χ1v) is 19.9. The number of primary amides is 1. The number of carbonyl (C=O) groups is 7. The zero-order valence-electron chi connectivity index (χ0n) is 34.2. The number of H-pyrrole nitrogens is 2. The van der Waals surface area contributed by atoms with Crippen LogP contribution in [0.5, 0.6) is 0 Å². The molecule has 10 N–H and O–H groups in total. The Morgan fingerprint density at radius 1 is 0.721 bits per heavy atom. The van der Waals surface area contributed by atoms with Crippen LogP contribution in [0.2, 0.25) is 0 Å². The van der Waals surface area contributed by atoms with Crippen LogP contribution < -0.4 is 32.3 Å². The molecule has 0 spiro atoms. The highest BCUT2D eigenvalue weighted by atomic mass is 16.6. The van der Waals surface area contributed by atoms with Crippen molar-refractivity contribution in [2.45, 2.75) is 89.1 Å². The molecular weight excluding hydrogens is 785 g/mol. The van der Waals surface area contributed by atoms with Gasteiger partial charge in [0.25, 0.3) is 5.91 Å². The molecule has 61 heavy (non-hydrogen) atoms. The fraction of sp³-hybridized carbons (Fsp3) is 0.341. The summed E-state index contributed by atoms with van der Waals surface area (Å²) in [5.74, 6) is -5.29. The van der Waals surface area contributed by atoms with Crippen molar-refractivity contribution in [1.82, 2.24) is 36.6 Å². The van der Waals surface area contributed by atoms with Crippen LogP contribution in [0.25, 0.3) is 21.8 Å². The fourth-order valence-corrected chi connectivity index (χ4v) is 6.69. The smallest absolute Gasteiger partial charge is 0.408 e. The molecule has 3 aromatic carbocycles. The van der Waals surface area contributed by atoms with E-state index in [0.717, 1.165) is 21.8 Å². The third-order valence-corrected chi connectivity index (χ3v) is 9.67. The highest BCUT2D eigenvalue weighted by Gasteiger charge is 2.33. The molecule has 2 aromatic heterocycles. The van der Waals surface area contributed by atoms with Gasteiger partial charge in [0.15, 0.2) is 0 Å². The van der Waals surface area contributed by atoms with E-state index in [-0.39, 0.29) is 38.1 Å². The minimum atomic E-state index is -1.68. The summed E-state index contributed by atoms with van der Waals surface area (Å²) < 4.78 is 5.45. The summed E-state index contributed by atoms with van der Waals surface area (Å²) in [6.45, 7) is 5.21. The summed E-state index contributed by atoms with van der Waals surface area (Å²) in [5, 5.41) is 24.5. The number of unbranched alkanes of at least 4 members (excludes halogenated alkanes) is 1. The molecule has 0 bridgehead atoms. The molecule has 5 aromatic rings. The van der Waals surface area contributed by atoms with E-state index in [2.05, 4.69) is 36.6 Å². The van der Waals surface area contributed by atoms with Gasteiger partial charge in [0.2, 0.25) is 23.6 Å². The Labute approximate surface area is 351 Å². The van der Waals surface area contributed by atoms with E-state index in [1.54, 1.807) is 63.4 Å².